The smallest absolute Gasteiger partial charge is 0.230 e. The number of amides is 1. The Morgan fingerprint density at radius 3 is 2.69 bits per heavy atom. The Hall–Kier alpha value is -3.29. The van der Waals surface area contributed by atoms with Gasteiger partial charge in [0.25, 0.3) is 0 Å². The number of nitrogens with one attached hydrogen (secondary N) is 1. The van der Waals surface area contributed by atoms with Crippen molar-refractivity contribution in [2.24, 2.45) is 5.92 Å². The Labute approximate surface area is 150 Å². The molecule has 3 aromatic rings. The van der Waals surface area contributed by atoms with Gasteiger partial charge in [-0.2, -0.15) is 5.10 Å². The average molecular weight is 349 g/mol. The first-order valence-electron chi connectivity index (χ1n) is 8.60. The molecule has 0 bridgehead atoms. The fraction of sp³-hybridized carbons (Fsp3) is 0.278. The predicted molar refractivity (Wildman–Crippen MR) is 97.0 cm³/mol. The van der Waals surface area contributed by atoms with Crippen LogP contribution in [0.1, 0.15) is 12.8 Å². The lowest BCUT2D eigenvalue weighted by Gasteiger charge is -2.32. The molecule has 1 aliphatic heterocycles. The van der Waals surface area contributed by atoms with Gasteiger partial charge >= 0.3 is 0 Å². The average Bonchev–Trinajstić information content (AvgIpc) is 3.24. The van der Waals surface area contributed by atoms with Crippen LogP contribution in [-0.2, 0) is 4.79 Å². The standard InChI is InChI=1S/C18H19N7O/c26-18(21-15-6-1-2-9-19-15)14-5-3-11-24(13-14)16-7-8-17(23-22-16)25-12-4-10-20-25/h1-2,4,6-10,12,14H,3,5,11,13H2,(H,19,21,26). The van der Waals surface area contributed by atoms with Crippen molar-refractivity contribution in [3.05, 3.63) is 55.0 Å². The summed E-state index contributed by atoms with van der Waals surface area (Å²) in [7, 11) is 0. The summed E-state index contributed by atoms with van der Waals surface area (Å²) in [6.45, 7) is 1.48. The van der Waals surface area contributed by atoms with E-state index in [0.717, 1.165) is 25.2 Å². The molecular weight excluding hydrogens is 330 g/mol. The second kappa shape index (κ2) is 7.30. The molecule has 1 saturated heterocycles. The molecule has 0 saturated carbocycles. The topological polar surface area (TPSA) is 88.8 Å². The molecule has 1 amide bonds. The van der Waals surface area contributed by atoms with Crippen molar-refractivity contribution in [2.75, 3.05) is 23.3 Å². The number of carbonyl (C=O) groups excluding carboxylic acids is 1. The fourth-order valence-corrected chi connectivity index (χ4v) is 3.08. The van der Waals surface area contributed by atoms with E-state index in [2.05, 4.69) is 30.5 Å². The third-order valence-corrected chi connectivity index (χ3v) is 4.41. The summed E-state index contributed by atoms with van der Waals surface area (Å²) in [5, 5.41) is 15.6. The van der Waals surface area contributed by atoms with Gasteiger partial charge in [0, 0.05) is 31.7 Å². The van der Waals surface area contributed by atoms with Gasteiger partial charge in [0.05, 0.1) is 5.92 Å². The van der Waals surface area contributed by atoms with Gasteiger partial charge in [-0.1, -0.05) is 6.07 Å². The van der Waals surface area contributed by atoms with Gasteiger partial charge in [-0.05, 0) is 43.2 Å². The van der Waals surface area contributed by atoms with Crippen LogP contribution in [0, 0.1) is 5.92 Å². The maximum absolute atomic E-state index is 12.5. The van der Waals surface area contributed by atoms with E-state index in [1.807, 2.05) is 36.5 Å². The van der Waals surface area contributed by atoms with E-state index < -0.39 is 0 Å². The van der Waals surface area contributed by atoms with Crippen molar-refractivity contribution in [2.45, 2.75) is 12.8 Å². The summed E-state index contributed by atoms with van der Waals surface area (Å²) < 4.78 is 1.66. The fourth-order valence-electron chi connectivity index (χ4n) is 3.08. The van der Waals surface area contributed by atoms with Gasteiger partial charge in [-0.25, -0.2) is 9.67 Å². The molecule has 1 fully saturated rings. The highest BCUT2D eigenvalue weighted by Crippen LogP contribution is 2.22. The predicted octanol–water partition coefficient (Wildman–Crippen LogP) is 1.91. The molecule has 8 nitrogen and oxygen atoms in total. The van der Waals surface area contributed by atoms with Crippen LogP contribution in [0.15, 0.2) is 55.0 Å². The molecule has 132 valence electrons. The lowest BCUT2D eigenvalue weighted by Crippen LogP contribution is -2.41. The van der Waals surface area contributed by atoms with E-state index in [1.165, 1.54) is 0 Å². The minimum Gasteiger partial charge on any atom is -0.354 e. The van der Waals surface area contributed by atoms with Crippen LogP contribution in [0.25, 0.3) is 5.82 Å². The highest BCUT2D eigenvalue weighted by Gasteiger charge is 2.27. The number of rotatable bonds is 4. The second-order valence-electron chi connectivity index (χ2n) is 6.19. The van der Waals surface area contributed by atoms with E-state index in [4.69, 9.17) is 0 Å². The SMILES string of the molecule is O=C(Nc1ccccn1)C1CCCN(c2ccc(-n3cccn3)nn2)C1. The molecule has 1 N–H and O–H groups in total. The summed E-state index contributed by atoms with van der Waals surface area (Å²) in [5.41, 5.74) is 0. The first-order valence-corrected chi connectivity index (χ1v) is 8.60. The molecule has 8 heteroatoms. The van der Waals surface area contributed by atoms with Crippen LogP contribution in [0.3, 0.4) is 0 Å². The zero-order valence-corrected chi connectivity index (χ0v) is 14.2. The third-order valence-electron chi connectivity index (χ3n) is 4.41. The van der Waals surface area contributed by atoms with Crippen molar-refractivity contribution in [1.29, 1.82) is 0 Å². The van der Waals surface area contributed by atoms with E-state index in [-0.39, 0.29) is 11.8 Å². The summed E-state index contributed by atoms with van der Waals surface area (Å²) >= 11 is 0. The zero-order valence-electron chi connectivity index (χ0n) is 14.2. The normalized spacial score (nSPS) is 17.1. The van der Waals surface area contributed by atoms with Crippen LogP contribution >= 0.6 is 0 Å². The first-order chi connectivity index (χ1) is 12.8. The lowest BCUT2D eigenvalue weighted by molar-refractivity contribution is -0.120. The van der Waals surface area contributed by atoms with Crippen LogP contribution in [0.5, 0.6) is 0 Å². The van der Waals surface area contributed by atoms with Gasteiger partial charge in [0.15, 0.2) is 11.6 Å². The molecule has 0 aromatic carbocycles. The number of pyridine rings is 1. The first kappa shape index (κ1) is 16.2. The summed E-state index contributed by atoms with van der Waals surface area (Å²) in [6.07, 6.45) is 6.98. The van der Waals surface area contributed by atoms with Crippen LogP contribution in [0.4, 0.5) is 11.6 Å². The molecule has 0 spiro atoms. The number of hydrogen-bond donors (Lipinski definition) is 1. The Bertz CT molecular complexity index is 849. The van der Waals surface area contributed by atoms with E-state index >= 15 is 0 Å². The Morgan fingerprint density at radius 1 is 1.08 bits per heavy atom. The molecular formula is C18H19N7O. The number of carbonyl (C=O) groups is 1. The third kappa shape index (κ3) is 3.53. The lowest BCUT2D eigenvalue weighted by atomic mass is 9.97. The minimum absolute atomic E-state index is 0.00507. The number of hydrogen-bond acceptors (Lipinski definition) is 6. The van der Waals surface area contributed by atoms with Crippen molar-refractivity contribution in [3.63, 3.8) is 0 Å². The van der Waals surface area contributed by atoms with Gasteiger partial charge in [0.1, 0.15) is 5.82 Å². The summed E-state index contributed by atoms with van der Waals surface area (Å²) in [4.78, 5) is 18.8. The quantitative estimate of drug-likeness (QED) is 0.774. The van der Waals surface area contributed by atoms with Gasteiger partial charge in [-0.3, -0.25) is 4.79 Å². The maximum Gasteiger partial charge on any atom is 0.230 e. The Morgan fingerprint density at radius 2 is 1.96 bits per heavy atom. The molecule has 0 aliphatic carbocycles. The molecule has 3 aromatic heterocycles. The number of nitrogens with zero attached hydrogens (tertiary/aromatic N) is 6. The Kier molecular flexibility index (Phi) is 4.55. The molecule has 26 heavy (non-hydrogen) atoms. The largest absolute Gasteiger partial charge is 0.354 e. The highest BCUT2D eigenvalue weighted by molar-refractivity contribution is 5.92. The van der Waals surface area contributed by atoms with Gasteiger partial charge < -0.3 is 10.2 Å². The summed E-state index contributed by atoms with van der Waals surface area (Å²) in [6, 6.07) is 11.1. The molecule has 1 unspecified atom stereocenters. The van der Waals surface area contributed by atoms with Crippen LogP contribution < -0.4 is 10.2 Å². The minimum atomic E-state index is -0.0988. The molecule has 4 rings (SSSR count). The number of piperidine rings is 1. The van der Waals surface area contributed by atoms with Crippen molar-refractivity contribution in [3.8, 4) is 5.82 Å². The molecule has 4 heterocycles. The number of aromatic nitrogens is 5. The van der Waals surface area contributed by atoms with E-state index in [9.17, 15) is 4.79 Å². The second-order valence-corrected chi connectivity index (χ2v) is 6.19. The summed E-state index contributed by atoms with van der Waals surface area (Å²) in [5.74, 6) is 1.92. The van der Waals surface area contributed by atoms with Gasteiger partial charge in [-0.15, -0.1) is 10.2 Å². The number of anilines is 2. The van der Waals surface area contributed by atoms with Crippen LogP contribution in [-0.4, -0.2) is 44.0 Å². The monoisotopic (exact) mass is 349 g/mol. The maximum atomic E-state index is 12.5. The highest BCUT2D eigenvalue weighted by atomic mass is 16.2. The molecule has 1 aliphatic rings. The van der Waals surface area contributed by atoms with Crippen molar-refractivity contribution in [1.82, 2.24) is 25.0 Å². The van der Waals surface area contributed by atoms with Crippen molar-refractivity contribution >= 4 is 17.5 Å². The zero-order chi connectivity index (χ0) is 17.8. The van der Waals surface area contributed by atoms with Crippen molar-refractivity contribution < 1.29 is 4.79 Å². The van der Waals surface area contributed by atoms with Crippen LogP contribution in [0.2, 0.25) is 0 Å². The van der Waals surface area contributed by atoms with E-state index in [1.54, 1.807) is 23.1 Å². The molecule has 0 radical (unpaired) electrons. The van der Waals surface area contributed by atoms with Gasteiger partial charge in [0.2, 0.25) is 5.91 Å². The Balaban J connectivity index is 1.42. The van der Waals surface area contributed by atoms with E-state index in [0.29, 0.717) is 18.2 Å². The molecule has 1 atom stereocenters.